The van der Waals surface area contributed by atoms with Gasteiger partial charge in [0.1, 0.15) is 10.9 Å². The van der Waals surface area contributed by atoms with E-state index in [1.54, 1.807) is 6.92 Å². The first-order valence-electron chi connectivity index (χ1n) is 9.99. The molecule has 0 aliphatic rings. The molecule has 4 rings (SSSR count). The molecule has 0 aliphatic carbocycles. The summed E-state index contributed by atoms with van der Waals surface area (Å²) < 4.78 is 40.5. The van der Waals surface area contributed by atoms with Crippen LogP contribution in [0, 0.1) is 6.92 Å². The smallest absolute Gasteiger partial charge is 0.221 e. The van der Waals surface area contributed by atoms with Crippen molar-refractivity contribution in [2.75, 3.05) is 0 Å². The molecule has 0 unspecified atom stereocenters. The van der Waals surface area contributed by atoms with Gasteiger partial charge in [-0.2, -0.15) is 23.4 Å². The quantitative estimate of drug-likeness (QED) is 0.237. The van der Waals surface area contributed by atoms with Crippen LogP contribution >= 0.6 is 11.6 Å². The standard InChI is InChI=1S/C25H18ClF3N4/c1-17-22(24(26)33(32-17)21-14-8-13-20(15-21)25(27,28)29)16-30-31-23(18-9-4-2-5-10-18)19-11-6-3-7-12-19/h2-16H,1H3. The molecule has 0 saturated heterocycles. The van der Waals surface area contributed by atoms with Crippen LogP contribution in [0.4, 0.5) is 13.2 Å². The van der Waals surface area contributed by atoms with Crippen molar-refractivity contribution in [1.29, 1.82) is 0 Å². The van der Waals surface area contributed by atoms with Crippen molar-refractivity contribution in [1.82, 2.24) is 9.78 Å². The predicted octanol–water partition coefficient (Wildman–Crippen LogP) is 6.72. The van der Waals surface area contributed by atoms with Gasteiger partial charge in [-0.15, -0.1) is 5.10 Å². The highest BCUT2D eigenvalue weighted by molar-refractivity contribution is 6.32. The molecule has 0 amide bonds. The molecule has 0 atom stereocenters. The highest BCUT2D eigenvalue weighted by Gasteiger charge is 2.30. The van der Waals surface area contributed by atoms with Crippen molar-refractivity contribution < 1.29 is 13.2 Å². The number of nitrogens with zero attached hydrogens (tertiary/aromatic N) is 4. The monoisotopic (exact) mass is 466 g/mol. The SMILES string of the molecule is Cc1nn(-c2cccc(C(F)(F)F)c2)c(Cl)c1C=NN=C(c1ccccc1)c1ccccc1. The van der Waals surface area contributed by atoms with Crippen molar-refractivity contribution in [3.63, 3.8) is 0 Å². The molecule has 33 heavy (non-hydrogen) atoms. The van der Waals surface area contributed by atoms with Gasteiger partial charge >= 0.3 is 6.18 Å². The van der Waals surface area contributed by atoms with E-state index in [0.717, 1.165) is 23.3 Å². The summed E-state index contributed by atoms with van der Waals surface area (Å²) in [4.78, 5) is 0. The van der Waals surface area contributed by atoms with Gasteiger partial charge in [0.2, 0.25) is 0 Å². The van der Waals surface area contributed by atoms with Gasteiger partial charge < -0.3 is 0 Å². The van der Waals surface area contributed by atoms with Crippen molar-refractivity contribution >= 4 is 23.5 Å². The lowest BCUT2D eigenvalue weighted by Crippen LogP contribution is -2.06. The van der Waals surface area contributed by atoms with Crippen molar-refractivity contribution in [2.24, 2.45) is 10.2 Å². The van der Waals surface area contributed by atoms with Crippen LogP contribution in [-0.4, -0.2) is 21.7 Å². The first-order chi connectivity index (χ1) is 15.8. The van der Waals surface area contributed by atoms with Crippen LogP contribution in [0.1, 0.15) is 27.9 Å². The molecule has 166 valence electrons. The minimum atomic E-state index is -4.46. The van der Waals surface area contributed by atoms with Crippen molar-refractivity contribution in [3.05, 3.63) is 118 Å². The van der Waals surface area contributed by atoms with Crippen molar-refractivity contribution in [2.45, 2.75) is 13.1 Å². The molecule has 0 N–H and O–H groups in total. The highest BCUT2D eigenvalue weighted by Crippen LogP contribution is 2.31. The maximum atomic E-state index is 13.1. The molecular weight excluding hydrogens is 449 g/mol. The fourth-order valence-electron chi connectivity index (χ4n) is 3.26. The first-order valence-corrected chi connectivity index (χ1v) is 10.4. The minimum absolute atomic E-state index is 0.145. The largest absolute Gasteiger partial charge is 0.416 e. The Hall–Kier alpha value is -3.71. The normalized spacial score (nSPS) is 11.7. The third kappa shape index (κ3) is 5.04. The van der Waals surface area contributed by atoms with Crippen LogP contribution in [0.3, 0.4) is 0 Å². The van der Waals surface area contributed by atoms with Gasteiger partial charge in [-0.05, 0) is 25.1 Å². The molecular formula is C25H18ClF3N4. The molecule has 4 nitrogen and oxygen atoms in total. The van der Waals surface area contributed by atoms with Gasteiger partial charge in [-0.25, -0.2) is 4.68 Å². The van der Waals surface area contributed by atoms with Gasteiger partial charge in [-0.3, -0.25) is 0 Å². The van der Waals surface area contributed by atoms with E-state index in [0.29, 0.717) is 17.0 Å². The average Bonchev–Trinajstić information content (AvgIpc) is 3.11. The molecule has 1 heterocycles. The summed E-state index contributed by atoms with van der Waals surface area (Å²) in [5.41, 5.74) is 2.86. The van der Waals surface area contributed by atoms with E-state index in [2.05, 4.69) is 15.3 Å². The molecule has 0 saturated carbocycles. The third-order valence-corrected chi connectivity index (χ3v) is 5.27. The zero-order valence-corrected chi connectivity index (χ0v) is 18.2. The Bertz CT molecular complexity index is 1270. The molecule has 0 bridgehead atoms. The number of halogens is 4. The maximum absolute atomic E-state index is 13.1. The van der Waals surface area contributed by atoms with E-state index in [1.807, 2.05) is 60.7 Å². The fraction of sp³-hybridized carbons (Fsp3) is 0.0800. The van der Waals surface area contributed by atoms with E-state index >= 15 is 0 Å². The Balaban J connectivity index is 1.70. The molecule has 0 fully saturated rings. The van der Waals surface area contributed by atoms with Gasteiger partial charge in [0.25, 0.3) is 0 Å². The van der Waals surface area contributed by atoms with Gasteiger partial charge in [0.05, 0.1) is 28.7 Å². The minimum Gasteiger partial charge on any atom is -0.221 e. The Labute approximate surface area is 193 Å². The number of aryl methyl sites for hydroxylation is 1. The second-order valence-electron chi connectivity index (χ2n) is 7.18. The molecule has 4 aromatic rings. The van der Waals surface area contributed by atoms with Crippen LogP contribution in [-0.2, 0) is 6.18 Å². The highest BCUT2D eigenvalue weighted by atomic mass is 35.5. The molecule has 0 radical (unpaired) electrons. The topological polar surface area (TPSA) is 42.5 Å². The molecule has 1 aromatic heterocycles. The Kier molecular flexibility index (Phi) is 6.42. The number of benzene rings is 3. The van der Waals surface area contributed by atoms with Crippen LogP contribution in [0.5, 0.6) is 0 Å². The molecule has 0 spiro atoms. The number of rotatable bonds is 5. The van der Waals surface area contributed by atoms with E-state index in [4.69, 9.17) is 11.6 Å². The maximum Gasteiger partial charge on any atom is 0.416 e. The fourth-order valence-corrected chi connectivity index (χ4v) is 3.58. The number of hydrogen-bond acceptors (Lipinski definition) is 3. The summed E-state index contributed by atoms with van der Waals surface area (Å²) in [5.74, 6) is 0. The Morgan fingerprint density at radius 1 is 0.909 bits per heavy atom. The molecule has 3 aromatic carbocycles. The Morgan fingerprint density at radius 2 is 1.52 bits per heavy atom. The van der Waals surface area contributed by atoms with Crippen LogP contribution in [0.15, 0.2) is 95.1 Å². The lowest BCUT2D eigenvalue weighted by atomic mass is 10.0. The third-order valence-electron chi connectivity index (χ3n) is 4.91. The average molecular weight is 467 g/mol. The van der Waals surface area contributed by atoms with Gasteiger partial charge in [0, 0.05) is 11.1 Å². The summed E-state index contributed by atoms with van der Waals surface area (Å²) in [6.45, 7) is 1.70. The molecule has 8 heteroatoms. The van der Waals surface area contributed by atoms with E-state index < -0.39 is 11.7 Å². The van der Waals surface area contributed by atoms with Crippen LogP contribution in [0.2, 0.25) is 5.15 Å². The van der Waals surface area contributed by atoms with Crippen LogP contribution in [0.25, 0.3) is 5.69 Å². The summed E-state index contributed by atoms with van der Waals surface area (Å²) >= 11 is 6.46. The summed E-state index contributed by atoms with van der Waals surface area (Å²) in [6.07, 6.45) is -3.00. The zero-order chi connectivity index (χ0) is 23.4. The lowest BCUT2D eigenvalue weighted by Gasteiger charge is -2.09. The summed E-state index contributed by atoms with van der Waals surface area (Å²) in [6, 6.07) is 24.1. The second kappa shape index (κ2) is 9.42. The van der Waals surface area contributed by atoms with E-state index in [1.165, 1.54) is 23.0 Å². The zero-order valence-electron chi connectivity index (χ0n) is 17.5. The number of alkyl halides is 3. The predicted molar refractivity (Wildman–Crippen MR) is 124 cm³/mol. The number of hydrogen-bond donors (Lipinski definition) is 0. The van der Waals surface area contributed by atoms with Gasteiger partial charge in [-0.1, -0.05) is 78.3 Å². The van der Waals surface area contributed by atoms with Crippen LogP contribution < -0.4 is 0 Å². The van der Waals surface area contributed by atoms with E-state index in [9.17, 15) is 13.2 Å². The van der Waals surface area contributed by atoms with E-state index in [-0.39, 0.29) is 10.8 Å². The van der Waals surface area contributed by atoms with Crippen molar-refractivity contribution in [3.8, 4) is 5.69 Å². The first kappa shape index (κ1) is 22.5. The Morgan fingerprint density at radius 3 is 2.09 bits per heavy atom. The summed E-state index contributed by atoms with van der Waals surface area (Å²) in [7, 11) is 0. The second-order valence-corrected chi connectivity index (χ2v) is 7.53. The summed E-state index contributed by atoms with van der Waals surface area (Å²) in [5, 5.41) is 13.1. The van der Waals surface area contributed by atoms with Gasteiger partial charge in [0.15, 0.2) is 0 Å². The molecule has 0 aliphatic heterocycles. The number of aromatic nitrogens is 2. The lowest BCUT2D eigenvalue weighted by molar-refractivity contribution is -0.137.